The zero-order valence-corrected chi connectivity index (χ0v) is 11.8. The molecular formula is C14H23N3O2. The Morgan fingerprint density at radius 1 is 1.42 bits per heavy atom. The Morgan fingerprint density at radius 2 is 2.05 bits per heavy atom. The van der Waals surface area contributed by atoms with Crippen LogP contribution < -0.4 is 11.1 Å². The molecule has 0 fully saturated rings. The number of amides is 1. The van der Waals surface area contributed by atoms with Crippen LogP contribution in [-0.2, 0) is 11.2 Å². The second-order valence-corrected chi connectivity index (χ2v) is 5.39. The third-order valence-corrected chi connectivity index (χ3v) is 2.73. The number of benzene rings is 1. The van der Waals surface area contributed by atoms with Gasteiger partial charge in [0, 0.05) is 18.8 Å². The molecule has 1 amide bonds. The number of rotatable bonds is 6. The Labute approximate surface area is 114 Å². The first-order chi connectivity index (χ1) is 8.80. The predicted octanol–water partition coefficient (Wildman–Crippen LogP) is 0.240. The van der Waals surface area contributed by atoms with E-state index in [4.69, 9.17) is 5.73 Å². The first-order valence-corrected chi connectivity index (χ1v) is 6.27. The lowest BCUT2D eigenvalue weighted by molar-refractivity contribution is -0.121. The second kappa shape index (κ2) is 6.54. The predicted molar refractivity (Wildman–Crippen MR) is 76.7 cm³/mol. The van der Waals surface area contributed by atoms with Gasteiger partial charge in [0.1, 0.15) is 0 Å². The maximum absolute atomic E-state index is 11.8. The fourth-order valence-corrected chi connectivity index (χ4v) is 1.96. The number of anilines is 1. The number of nitrogens with zero attached hydrogens (tertiary/aromatic N) is 1. The molecule has 0 radical (unpaired) electrons. The third kappa shape index (κ3) is 5.72. The Balaban J connectivity index is 2.46. The number of nitrogen functional groups attached to an aromatic ring is 1. The smallest absolute Gasteiger partial charge is 0.224 e. The number of hydrogen-bond acceptors (Lipinski definition) is 4. The average Bonchev–Trinajstić information content (AvgIpc) is 2.28. The van der Waals surface area contributed by atoms with Gasteiger partial charge in [0.25, 0.3) is 0 Å². The van der Waals surface area contributed by atoms with E-state index in [-0.39, 0.29) is 18.9 Å². The van der Waals surface area contributed by atoms with Gasteiger partial charge in [-0.1, -0.05) is 18.2 Å². The molecule has 0 aromatic heterocycles. The molecular weight excluding hydrogens is 242 g/mol. The molecule has 0 spiro atoms. The monoisotopic (exact) mass is 265 g/mol. The van der Waals surface area contributed by atoms with Crippen molar-refractivity contribution in [1.29, 1.82) is 0 Å². The molecule has 4 N–H and O–H groups in total. The van der Waals surface area contributed by atoms with Gasteiger partial charge in [-0.3, -0.25) is 4.79 Å². The zero-order valence-electron chi connectivity index (χ0n) is 11.8. The lowest BCUT2D eigenvalue weighted by atomic mass is 10.1. The minimum atomic E-state index is -0.943. The van der Waals surface area contributed by atoms with Gasteiger partial charge < -0.3 is 21.1 Å². The highest BCUT2D eigenvalue weighted by molar-refractivity contribution is 5.80. The van der Waals surface area contributed by atoms with Crippen molar-refractivity contribution >= 4 is 11.6 Å². The van der Waals surface area contributed by atoms with Crippen molar-refractivity contribution in [2.75, 3.05) is 32.9 Å². The highest BCUT2D eigenvalue weighted by Crippen LogP contribution is 2.11. The van der Waals surface area contributed by atoms with Crippen LogP contribution in [0.4, 0.5) is 5.69 Å². The van der Waals surface area contributed by atoms with E-state index in [1.165, 1.54) is 0 Å². The SMILES string of the molecule is CN(C)CC(C)(O)CNC(=O)Cc1ccccc1N. The van der Waals surface area contributed by atoms with Crippen LogP contribution in [0.15, 0.2) is 24.3 Å². The molecule has 0 aliphatic carbocycles. The Hall–Kier alpha value is -1.59. The van der Waals surface area contributed by atoms with Crippen molar-refractivity contribution < 1.29 is 9.90 Å². The first kappa shape index (κ1) is 15.5. The summed E-state index contributed by atoms with van der Waals surface area (Å²) in [6.07, 6.45) is 0.227. The van der Waals surface area contributed by atoms with E-state index in [1.807, 2.05) is 37.2 Å². The molecule has 19 heavy (non-hydrogen) atoms. The molecule has 1 aromatic rings. The summed E-state index contributed by atoms with van der Waals surface area (Å²) in [6.45, 7) is 2.40. The molecule has 5 heteroatoms. The van der Waals surface area contributed by atoms with E-state index >= 15 is 0 Å². The second-order valence-electron chi connectivity index (χ2n) is 5.39. The van der Waals surface area contributed by atoms with E-state index < -0.39 is 5.60 Å². The summed E-state index contributed by atoms with van der Waals surface area (Å²) in [6, 6.07) is 7.28. The summed E-state index contributed by atoms with van der Waals surface area (Å²) in [5.74, 6) is -0.142. The fraction of sp³-hybridized carbons (Fsp3) is 0.500. The van der Waals surface area contributed by atoms with Gasteiger partial charge in [0.05, 0.1) is 12.0 Å². The lowest BCUT2D eigenvalue weighted by Crippen LogP contribution is -2.47. The zero-order chi connectivity index (χ0) is 14.5. The number of para-hydroxylation sites is 1. The van der Waals surface area contributed by atoms with Crippen LogP contribution in [0.1, 0.15) is 12.5 Å². The lowest BCUT2D eigenvalue weighted by Gasteiger charge is -2.27. The van der Waals surface area contributed by atoms with E-state index in [9.17, 15) is 9.90 Å². The Kier molecular flexibility index (Phi) is 5.32. The number of nitrogens with two attached hydrogens (primary N) is 1. The molecule has 0 saturated carbocycles. The van der Waals surface area contributed by atoms with Gasteiger partial charge >= 0.3 is 0 Å². The van der Waals surface area contributed by atoms with Gasteiger partial charge in [-0.05, 0) is 32.6 Å². The van der Waals surface area contributed by atoms with Crippen LogP contribution in [0.25, 0.3) is 0 Å². The number of hydrogen-bond donors (Lipinski definition) is 3. The number of carbonyl (C=O) groups is 1. The summed E-state index contributed by atoms with van der Waals surface area (Å²) in [5, 5.41) is 12.8. The molecule has 0 aliphatic heterocycles. The highest BCUT2D eigenvalue weighted by Gasteiger charge is 2.22. The molecule has 1 unspecified atom stereocenters. The maximum atomic E-state index is 11.8. The van der Waals surface area contributed by atoms with Gasteiger partial charge in [0.15, 0.2) is 0 Å². The first-order valence-electron chi connectivity index (χ1n) is 6.27. The normalized spacial score (nSPS) is 14.2. The summed E-state index contributed by atoms with van der Waals surface area (Å²) in [7, 11) is 3.75. The molecule has 1 aromatic carbocycles. The molecule has 1 atom stereocenters. The number of nitrogens with one attached hydrogen (secondary N) is 1. The van der Waals surface area contributed by atoms with E-state index in [2.05, 4.69) is 5.32 Å². The molecule has 0 aliphatic rings. The third-order valence-electron chi connectivity index (χ3n) is 2.73. The van der Waals surface area contributed by atoms with E-state index in [1.54, 1.807) is 13.0 Å². The highest BCUT2D eigenvalue weighted by atomic mass is 16.3. The number of carbonyl (C=O) groups excluding carboxylic acids is 1. The van der Waals surface area contributed by atoms with Gasteiger partial charge in [0.2, 0.25) is 5.91 Å². The number of aliphatic hydroxyl groups is 1. The van der Waals surface area contributed by atoms with Crippen molar-refractivity contribution in [3.63, 3.8) is 0 Å². The largest absolute Gasteiger partial charge is 0.398 e. The van der Waals surface area contributed by atoms with Crippen LogP contribution in [0.2, 0.25) is 0 Å². The molecule has 1 rings (SSSR count). The Bertz CT molecular complexity index is 430. The maximum Gasteiger partial charge on any atom is 0.224 e. The van der Waals surface area contributed by atoms with Gasteiger partial charge in [-0.25, -0.2) is 0 Å². The van der Waals surface area contributed by atoms with Gasteiger partial charge in [-0.2, -0.15) is 0 Å². The standard InChI is InChI=1S/C14H23N3O2/c1-14(19,10-17(2)3)9-16-13(18)8-11-6-4-5-7-12(11)15/h4-7,19H,8-10,15H2,1-3H3,(H,16,18). The quantitative estimate of drug-likeness (QED) is 0.644. The fourth-order valence-electron chi connectivity index (χ4n) is 1.96. The van der Waals surface area contributed by atoms with Gasteiger partial charge in [-0.15, -0.1) is 0 Å². The molecule has 0 bridgehead atoms. The molecule has 0 heterocycles. The molecule has 0 saturated heterocycles. The summed E-state index contributed by atoms with van der Waals surface area (Å²) < 4.78 is 0. The van der Waals surface area contributed by atoms with Crippen molar-refractivity contribution in [2.24, 2.45) is 0 Å². The minimum absolute atomic E-state index is 0.142. The van der Waals surface area contributed by atoms with Crippen LogP contribution in [-0.4, -0.2) is 48.7 Å². The van der Waals surface area contributed by atoms with Crippen LogP contribution in [0.3, 0.4) is 0 Å². The van der Waals surface area contributed by atoms with E-state index in [0.717, 1.165) is 5.56 Å². The van der Waals surface area contributed by atoms with Crippen LogP contribution >= 0.6 is 0 Å². The van der Waals surface area contributed by atoms with Crippen molar-refractivity contribution in [1.82, 2.24) is 10.2 Å². The summed E-state index contributed by atoms with van der Waals surface area (Å²) in [5.41, 5.74) is 6.24. The summed E-state index contributed by atoms with van der Waals surface area (Å²) in [4.78, 5) is 13.7. The number of likely N-dealkylation sites (N-methyl/N-ethyl adjacent to an activating group) is 1. The minimum Gasteiger partial charge on any atom is -0.398 e. The van der Waals surface area contributed by atoms with Crippen LogP contribution in [0.5, 0.6) is 0 Å². The summed E-state index contributed by atoms with van der Waals surface area (Å²) >= 11 is 0. The topological polar surface area (TPSA) is 78.6 Å². The van der Waals surface area contributed by atoms with Crippen molar-refractivity contribution in [2.45, 2.75) is 18.9 Å². The van der Waals surface area contributed by atoms with Crippen LogP contribution in [0, 0.1) is 0 Å². The molecule has 5 nitrogen and oxygen atoms in total. The molecule has 106 valence electrons. The van der Waals surface area contributed by atoms with Crippen molar-refractivity contribution in [3.8, 4) is 0 Å². The van der Waals surface area contributed by atoms with E-state index in [0.29, 0.717) is 12.2 Å². The average molecular weight is 265 g/mol. The van der Waals surface area contributed by atoms with Crippen molar-refractivity contribution in [3.05, 3.63) is 29.8 Å². The Morgan fingerprint density at radius 3 is 2.63 bits per heavy atom.